The third-order valence-electron chi connectivity index (χ3n) is 3.83. The molecule has 0 saturated carbocycles. The normalized spacial score (nSPS) is 14.8. The summed E-state index contributed by atoms with van der Waals surface area (Å²) in [5.74, 6) is -0.850. The highest BCUT2D eigenvalue weighted by molar-refractivity contribution is 6.31. The van der Waals surface area contributed by atoms with Crippen molar-refractivity contribution in [2.75, 3.05) is 31.1 Å². The second-order valence-corrected chi connectivity index (χ2v) is 5.66. The van der Waals surface area contributed by atoms with Crippen LogP contribution in [0.1, 0.15) is 20.9 Å². The van der Waals surface area contributed by atoms with Crippen molar-refractivity contribution in [3.05, 3.63) is 52.9 Å². The van der Waals surface area contributed by atoms with Crippen molar-refractivity contribution >= 4 is 29.2 Å². The zero-order valence-electron chi connectivity index (χ0n) is 12.2. The predicted molar refractivity (Wildman–Crippen MR) is 85.2 cm³/mol. The van der Waals surface area contributed by atoms with Gasteiger partial charge in [-0.2, -0.15) is 0 Å². The average Bonchev–Trinajstić information content (AvgIpc) is 3.09. The molecule has 1 aromatic carbocycles. The van der Waals surface area contributed by atoms with E-state index in [2.05, 4.69) is 0 Å². The highest BCUT2D eigenvalue weighted by Gasteiger charge is 2.25. The summed E-state index contributed by atoms with van der Waals surface area (Å²) >= 11 is 5.88. The van der Waals surface area contributed by atoms with Crippen LogP contribution in [-0.2, 0) is 0 Å². The van der Waals surface area contributed by atoms with Crippen molar-refractivity contribution in [1.29, 1.82) is 0 Å². The molecule has 120 valence electrons. The number of carboxylic acid groups (broad SMARTS) is 1. The Labute approximate surface area is 137 Å². The number of benzene rings is 1. The first kappa shape index (κ1) is 15.4. The van der Waals surface area contributed by atoms with E-state index in [1.54, 1.807) is 29.2 Å². The van der Waals surface area contributed by atoms with Crippen LogP contribution in [0.3, 0.4) is 0 Å². The van der Waals surface area contributed by atoms with Crippen LogP contribution in [0.2, 0.25) is 5.02 Å². The molecule has 1 N–H and O–H groups in total. The molecule has 23 heavy (non-hydrogen) atoms. The van der Waals surface area contributed by atoms with Crippen LogP contribution in [0, 0.1) is 0 Å². The lowest BCUT2D eigenvalue weighted by molar-refractivity contribution is 0.0688. The van der Waals surface area contributed by atoms with Crippen LogP contribution in [0.15, 0.2) is 41.0 Å². The first-order valence-electron chi connectivity index (χ1n) is 7.17. The maximum absolute atomic E-state index is 12.2. The maximum atomic E-state index is 12.2. The highest BCUT2D eigenvalue weighted by Crippen LogP contribution is 2.25. The number of hydrogen-bond donors (Lipinski definition) is 1. The molecule has 1 aromatic heterocycles. The van der Waals surface area contributed by atoms with Crippen LogP contribution in [0.25, 0.3) is 0 Å². The molecular formula is C16H15ClN2O4. The van der Waals surface area contributed by atoms with E-state index in [0.29, 0.717) is 42.6 Å². The van der Waals surface area contributed by atoms with E-state index in [0.717, 1.165) is 0 Å². The van der Waals surface area contributed by atoms with Crippen molar-refractivity contribution in [2.45, 2.75) is 0 Å². The first-order valence-corrected chi connectivity index (χ1v) is 7.54. The van der Waals surface area contributed by atoms with Crippen LogP contribution in [0.4, 0.5) is 5.69 Å². The van der Waals surface area contributed by atoms with Crippen LogP contribution >= 0.6 is 11.6 Å². The third-order valence-corrected chi connectivity index (χ3v) is 4.06. The standard InChI is InChI=1S/C16H15ClN2O4/c17-11-3-4-13(12(10-11)16(21)22)18-5-7-19(8-6-18)15(20)14-2-1-9-23-14/h1-4,9-10H,5-8H2,(H,21,22). The molecule has 0 aliphatic carbocycles. The smallest absolute Gasteiger partial charge is 0.337 e. The van der Waals surface area contributed by atoms with Crippen LogP contribution in [0.5, 0.6) is 0 Å². The van der Waals surface area contributed by atoms with Gasteiger partial charge in [-0.25, -0.2) is 4.79 Å². The maximum Gasteiger partial charge on any atom is 0.337 e. The molecule has 7 heteroatoms. The number of nitrogens with zero attached hydrogens (tertiary/aromatic N) is 2. The molecule has 1 saturated heterocycles. The van der Waals surface area contributed by atoms with Gasteiger partial charge in [-0.05, 0) is 30.3 Å². The number of furan rings is 1. The van der Waals surface area contributed by atoms with Crippen molar-refractivity contribution in [3.8, 4) is 0 Å². The van der Waals surface area contributed by atoms with Gasteiger partial charge in [-0.1, -0.05) is 11.6 Å². The first-order chi connectivity index (χ1) is 11.1. The van der Waals surface area contributed by atoms with E-state index in [1.165, 1.54) is 12.3 Å². The van der Waals surface area contributed by atoms with Crippen molar-refractivity contribution in [1.82, 2.24) is 4.90 Å². The number of aromatic carboxylic acids is 1. The second kappa shape index (κ2) is 6.34. The van der Waals surface area contributed by atoms with Crippen LogP contribution < -0.4 is 4.90 Å². The largest absolute Gasteiger partial charge is 0.478 e. The third kappa shape index (κ3) is 3.17. The lowest BCUT2D eigenvalue weighted by Crippen LogP contribution is -2.49. The summed E-state index contributed by atoms with van der Waals surface area (Å²) in [5, 5.41) is 9.71. The molecule has 0 unspecified atom stereocenters. The molecule has 1 amide bonds. The Bertz CT molecular complexity index is 722. The van der Waals surface area contributed by atoms with Crippen molar-refractivity contribution in [2.24, 2.45) is 0 Å². The molecular weight excluding hydrogens is 320 g/mol. The minimum atomic E-state index is -1.02. The molecule has 1 aliphatic rings. The van der Waals surface area contributed by atoms with E-state index in [4.69, 9.17) is 16.0 Å². The summed E-state index contributed by atoms with van der Waals surface area (Å²) in [6.07, 6.45) is 1.47. The molecule has 0 bridgehead atoms. The SMILES string of the molecule is O=C(O)c1cc(Cl)ccc1N1CCN(C(=O)c2ccco2)CC1. The Balaban J connectivity index is 1.72. The number of anilines is 1. The summed E-state index contributed by atoms with van der Waals surface area (Å²) < 4.78 is 5.13. The number of amides is 1. The number of hydrogen-bond acceptors (Lipinski definition) is 4. The van der Waals surface area contributed by atoms with Gasteiger partial charge >= 0.3 is 5.97 Å². The Morgan fingerprint density at radius 2 is 1.87 bits per heavy atom. The summed E-state index contributed by atoms with van der Waals surface area (Å²) in [5.41, 5.74) is 0.787. The van der Waals surface area contributed by atoms with Gasteiger partial charge in [0.05, 0.1) is 17.5 Å². The van der Waals surface area contributed by atoms with Gasteiger partial charge in [0.1, 0.15) is 0 Å². The number of rotatable bonds is 3. The molecule has 2 aromatic rings. The number of halogens is 1. The molecule has 6 nitrogen and oxygen atoms in total. The predicted octanol–water partition coefficient (Wildman–Crippen LogP) is 2.59. The molecule has 0 spiro atoms. The Kier molecular flexibility index (Phi) is 4.25. The lowest BCUT2D eigenvalue weighted by atomic mass is 10.1. The fourth-order valence-electron chi connectivity index (χ4n) is 2.66. The van der Waals surface area contributed by atoms with E-state index >= 15 is 0 Å². The number of carboxylic acids is 1. The van der Waals surface area contributed by atoms with Gasteiger partial charge in [0.25, 0.3) is 5.91 Å². The number of carbonyl (C=O) groups is 2. The van der Waals surface area contributed by atoms with Gasteiger partial charge in [0.2, 0.25) is 0 Å². The minimum Gasteiger partial charge on any atom is -0.478 e. The number of piperazine rings is 1. The minimum absolute atomic E-state index is 0.149. The van der Waals surface area contributed by atoms with Gasteiger partial charge < -0.3 is 19.3 Å². The summed E-state index contributed by atoms with van der Waals surface area (Å²) in [6.45, 7) is 2.10. The molecule has 0 radical (unpaired) electrons. The molecule has 1 aliphatic heterocycles. The van der Waals surface area contributed by atoms with Gasteiger partial charge in [0, 0.05) is 31.2 Å². The Hall–Kier alpha value is -2.47. The molecule has 3 rings (SSSR count). The highest BCUT2D eigenvalue weighted by atomic mass is 35.5. The topological polar surface area (TPSA) is 74.0 Å². The Morgan fingerprint density at radius 1 is 1.13 bits per heavy atom. The lowest BCUT2D eigenvalue weighted by Gasteiger charge is -2.36. The summed E-state index contributed by atoms with van der Waals surface area (Å²) in [7, 11) is 0. The number of carbonyl (C=O) groups excluding carboxylic acids is 1. The van der Waals surface area contributed by atoms with E-state index in [1.807, 2.05) is 4.90 Å². The Morgan fingerprint density at radius 3 is 2.48 bits per heavy atom. The van der Waals surface area contributed by atoms with Crippen LogP contribution in [-0.4, -0.2) is 48.1 Å². The van der Waals surface area contributed by atoms with Crippen molar-refractivity contribution < 1.29 is 19.1 Å². The average molecular weight is 335 g/mol. The van der Waals surface area contributed by atoms with Gasteiger partial charge in [-0.3, -0.25) is 4.79 Å². The fraction of sp³-hybridized carbons (Fsp3) is 0.250. The molecule has 2 heterocycles. The molecule has 0 atom stereocenters. The monoisotopic (exact) mass is 334 g/mol. The van der Waals surface area contributed by atoms with Gasteiger partial charge in [-0.15, -0.1) is 0 Å². The fourth-order valence-corrected chi connectivity index (χ4v) is 2.83. The van der Waals surface area contributed by atoms with Crippen molar-refractivity contribution in [3.63, 3.8) is 0 Å². The zero-order chi connectivity index (χ0) is 16.4. The van der Waals surface area contributed by atoms with E-state index < -0.39 is 5.97 Å². The zero-order valence-corrected chi connectivity index (χ0v) is 13.0. The van der Waals surface area contributed by atoms with Gasteiger partial charge in [0.15, 0.2) is 5.76 Å². The second-order valence-electron chi connectivity index (χ2n) is 5.22. The van der Waals surface area contributed by atoms with E-state index in [-0.39, 0.29) is 11.5 Å². The molecule has 1 fully saturated rings. The quantitative estimate of drug-likeness (QED) is 0.934. The van der Waals surface area contributed by atoms with E-state index in [9.17, 15) is 14.7 Å². The summed E-state index contributed by atoms with van der Waals surface area (Å²) in [6, 6.07) is 8.13. The summed E-state index contributed by atoms with van der Waals surface area (Å²) in [4.78, 5) is 27.3.